The van der Waals surface area contributed by atoms with Crippen LogP contribution in [0.25, 0.3) is 0 Å². The minimum absolute atomic E-state index is 0.365. The van der Waals surface area contributed by atoms with Crippen LogP contribution < -0.4 is 0 Å². The van der Waals surface area contributed by atoms with Crippen LogP contribution in [0.15, 0.2) is 54.6 Å². The highest BCUT2D eigenvalue weighted by atomic mass is 16.5. The van der Waals surface area contributed by atoms with Crippen molar-refractivity contribution in [3.63, 3.8) is 0 Å². The van der Waals surface area contributed by atoms with Gasteiger partial charge in [0.15, 0.2) is 0 Å². The minimum Gasteiger partial charge on any atom is -0.388 e. The van der Waals surface area contributed by atoms with E-state index in [4.69, 9.17) is 0 Å². The summed E-state index contributed by atoms with van der Waals surface area (Å²) in [6.45, 7) is 5.80. The number of hydrogen-bond donors (Lipinski definition) is 2. The molecule has 0 amide bonds. The van der Waals surface area contributed by atoms with Crippen LogP contribution in [0.4, 0.5) is 0 Å². The molecule has 2 rings (SSSR count). The van der Waals surface area contributed by atoms with Gasteiger partial charge in [-0.3, -0.25) is 0 Å². The first-order valence-electron chi connectivity index (χ1n) is 7.17. The molecule has 0 aromatic heterocycles. The van der Waals surface area contributed by atoms with Crippen LogP contribution in [0.3, 0.4) is 0 Å². The molecule has 0 fully saturated rings. The number of hydroxylamine groups is 2. The molecule has 0 saturated carbocycles. The quantitative estimate of drug-likeness (QED) is 0.823. The van der Waals surface area contributed by atoms with Crippen LogP contribution >= 0.6 is 0 Å². The van der Waals surface area contributed by atoms with Gasteiger partial charge >= 0.3 is 0 Å². The first-order valence-corrected chi connectivity index (χ1v) is 7.17. The van der Waals surface area contributed by atoms with Crippen LogP contribution in [0.1, 0.15) is 36.6 Å². The summed E-state index contributed by atoms with van der Waals surface area (Å²) in [7, 11) is 0. The molecule has 1 atom stereocenters. The molecule has 0 aliphatic heterocycles. The van der Waals surface area contributed by atoms with E-state index in [9.17, 15) is 10.3 Å². The minimum atomic E-state index is -1.06. The lowest BCUT2D eigenvalue weighted by atomic mass is 9.88. The molecule has 2 aromatic rings. The van der Waals surface area contributed by atoms with Crippen LogP contribution in [-0.2, 0) is 6.54 Å². The number of nitrogens with zero attached hydrogens (tertiary/aromatic N) is 1. The number of aliphatic hydroxyl groups is 1. The first kappa shape index (κ1) is 15.7. The molecule has 0 bridgehead atoms. The average Bonchev–Trinajstić information content (AvgIpc) is 2.41. The highest BCUT2D eigenvalue weighted by Gasteiger charge is 2.34. The van der Waals surface area contributed by atoms with E-state index in [1.165, 1.54) is 5.06 Å². The topological polar surface area (TPSA) is 43.7 Å². The highest BCUT2D eigenvalue weighted by Crippen LogP contribution is 2.33. The van der Waals surface area contributed by atoms with Crippen molar-refractivity contribution < 1.29 is 10.3 Å². The second-order valence-electron chi connectivity index (χ2n) is 6.00. The van der Waals surface area contributed by atoms with Gasteiger partial charge in [-0.2, -0.15) is 5.06 Å². The van der Waals surface area contributed by atoms with E-state index in [1.807, 2.05) is 61.5 Å². The summed E-state index contributed by atoms with van der Waals surface area (Å²) in [6, 6.07) is 17.1. The molecule has 3 heteroatoms. The maximum Gasteiger partial charge on any atom is 0.0887 e. The van der Waals surface area contributed by atoms with Crippen molar-refractivity contribution in [3.05, 3.63) is 71.3 Å². The molecule has 0 saturated heterocycles. The lowest BCUT2D eigenvalue weighted by Crippen LogP contribution is -2.40. The molecule has 0 unspecified atom stereocenters. The summed E-state index contributed by atoms with van der Waals surface area (Å²) in [6.07, 6.45) is 0. The Hall–Kier alpha value is -1.68. The second-order valence-corrected chi connectivity index (χ2v) is 6.00. The second kappa shape index (κ2) is 6.39. The van der Waals surface area contributed by atoms with Crippen molar-refractivity contribution in [2.45, 2.75) is 39.0 Å². The molecule has 0 heterocycles. The molecule has 21 heavy (non-hydrogen) atoms. The van der Waals surface area contributed by atoms with E-state index in [2.05, 4.69) is 0 Å². The Bertz CT molecular complexity index is 575. The zero-order valence-electron chi connectivity index (χ0n) is 12.8. The third-order valence-electron chi connectivity index (χ3n) is 3.64. The van der Waals surface area contributed by atoms with Gasteiger partial charge in [-0.1, -0.05) is 54.6 Å². The fourth-order valence-corrected chi connectivity index (χ4v) is 2.66. The van der Waals surface area contributed by atoms with Gasteiger partial charge in [-0.05, 0) is 37.5 Å². The lowest BCUT2D eigenvalue weighted by molar-refractivity contribution is -0.186. The van der Waals surface area contributed by atoms with Gasteiger partial charge < -0.3 is 10.3 Å². The fraction of sp³-hybridized carbons (Fsp3) is 0.333. The van der Waals surface area contributed by atoms with Gasteiger partial charge in [0.25, 0.3) is 0 Å². The summed E-state index contributed by atoms with van der Waals surface area (Å²) in [5, 5.41) is 22.3. The Morgan fingerprint density at radius 3 is 2.14 bits per heavy atom. The Morgan fingerprint density at radius 1 is 1.00 bits per heavy atom. The van der Waals surface area contributed by atoms with Gasteiger partial charge in [0, 0.05) is 6.54 Å². The fourth-order valence-electron chi connectivity index (χ4n) is 2.66. The SMILES string of the molecule is Cc1ccccc1[C@@H](N(O)Cc1ccccc1)C(C)(C)O. The molecule has 2 aromatic carbocycles. The van der Waals surface area contributed by atoms with Gasteiger partial charge in [-0.25, -0.2) is 0 Å². The van der Waals surface area contributed by atoms with E-state index in [0.29, 0.717) is 6.54 Å². The van der Waals surface area contributed by atoms with E-state index in [-0.39, 0.29) is 0 Å². The first-order chi connectivity index (χ1) is 9.89. The predicted molar refractivity (Wildman–Crippen MR) is 84.0 cm³/mol. The van der Waals surface area contributed by atoms with E-state index in [0.717, 1.165) is 16.7 Å². The third kappa shape index (κ3) is 3.91. The molecular weight excluding hydrogens is 262 g/mol. The largest absolute Gasteiger partial charge is 0.388 e. The standard InChI is InChI=1S/C18H23NO2/c1-14-9-7-8-12-16(14)17(18(2,3)20)19(21)13-15-10-5-4-6-11-15/h4-12,17,20-21H,13H2,1-3H3/t17-/m1/s1. The van der Waals surface area contributed by atoms with Gasteiger partial charge in [-0.15, -0.1) is 0 Å². The maximum atomic E-state index is 10.5. The van der Waals surface area contributed by atoms with Gasteiger partial charge in [0.05, 0.1) is 11.6 Å². The third-order valence-corrected chi connectivity index (χ3v) is 3.64. The molecule has 112 valence electrons. The smallest absolute Gasteiger partial charge is 0.0887 e. The molecule has 0 radical (unpaired) electrons. The molecule has 3 nitrogen and oxygen atoms in total. The van der Waals surface area contributed by atoms with Gasteiger partial charge in [0.1, 0.15) is 0 Å². The van der Waals surface area contributed by atoms with Crippen molar-refractivity contribution >= 4 is 0 Å². The summed E-state index contributed by atoms with van der Waals surface area (Å²) in [5.74, 6) is 0. The van der Waals surface area contributed by atoms with E-state index < -0.39 is 11.6 Å². The molecule has 0 spiro atoms. The Morgan fingerprint density at radius 2 is 1.57 bits per heavy atom. The van der Waals surface area contributed by atoms with Crippen molar-refractivity contribution in [1.29, 1.82) is 0 Å². The number of benzene rings is 2. The lowest BCUT2D eigenvalue weighted by Gasteiger charge is -2.36. The monoisotopic (exact) mass is 285 g/mol. The summed E-state index contributed by atoms with van der Waals surface area (Å²) in [4.78, 5) is 0. The van der Waals surface area contributed by atoms with Crippen molar-refractivity contribution in [3.8, 4) is 0 Å². The highest BCUT2D eigenvalue weighted by molar-refractivity contribution is 5.30. The Labute approximate surface area is 126 Å². The zero-order chi connectivity index (χ0) is 15.5. The van der Waals surface area contributed by atoms with E-state index in [1.54, 1.807) is 13.8 Å². The summed E-state index contributed by atoms with van der Waals surface area (Å²) in [5.41, 5.74) is 1.93. The summed E-state index contributed by atoms with van der Waals surface area (Å²) < 4.78 is 0. The van der Waals surface area contributed by atoms with Crippen LogP contribution in [-0.4, -0.2) is 21.0 Å². The molecule has 0 aliphatic carbocycles. The maximum absolute atomic E-state index is 10.5. The normalized spacial score (nSPS) is 13.4. The Kier molecular flexibility index (Phi) is 4.78. The Balaban J connectivity index is 2.31. The number of hydrogen-bond acceptors (Lipinski definition) is 3. The van der Waals surface area contributed by atoms with Crippen molar-refractivity contribution in [2.24, 2.45) is 0 Å². The number of aryl methyl sites for hydroxylation is 1. The van der Waals surface area contributed by atoms with Crippen molar-refractivity contribution in [2.75, 3.05) is 0 Å². The zero-order valence-corrected chi connectivity index (χ0v) is 12.8. The molecule has 0 aliphatic rings. The average molecular weight is 285 g/mol. The van der Waals surface area contributed by atoms with Gasteiger partial charge in [0.2, 0.25) is 0 Å². The van der Waals surface area contributed by atoms with Crippen LogP contribution in [0, 0.1) is 6.92 Å². The summed E-state index contributed by atoms with van der Waals surface area (Å²) >= 11 is 0. The molecule has 2 N–H and O–H groups in total. The van der Waals surface area contributed by atoms with Crippen LogP contribution in [0.2, 0.25) is 0 Å². The molecular formula is C18H23NO2. The van der Waals surface area contributed by atoms with E-state index >= 15 is 0 Å². The van der Waals surface area contributed by atoms with Crippen LogP contribution in [0.5, 0.6) is 0 Å². The predicted octanol–water partition coefficient (Wildman–Crippen LogP) is 3.70. The van der Waals surface area contributed by atoms with Crippen molar-refractivity contribution in [1.82, 2.24) is 5.06 Å². The number of rotatable bonds is 5.